The molecule has 1 fully saturated rings. The van der Waals surface area contributed by atoms with Crippen molar-refractivity contribution in [2.24, 2.45) is 0 Å². The Balaban J connectivity index is 1.68. The highest BCUT2D eigenvalue weighted by atomic mass is 16.2. The van der Waals surface area contributed by atoms with Crippen molar-refractivity contribution in [1.29, 1.82) is 0 Å². The van der Waals surface area contributed by atoms with Crippen LogP contribution in [0, 0.1) is 6.92 Å². The Hall–Kier alpha value is -2.63. The van der Waals surface area contributed by atoms with Crippen molar-refractivity contribution in [2.75, 3.05) is 6.54 Å². The summed E-state index contributed by atoms with van der Waals surface area (Å²) in [7, 11) is 0. The van der Waals surface area contributed by atoms with E-state index in [0.29, 0.717) is 13.0 Å². The minimum Gasteiger partial charge on any atom is -0.335 e. The smallest absolute Gasteiger partial charge is 0.325 e. The number of nitrogens with one attached hydrogen (secondary N) is 1. The minimum absolute atomic E-state index is 0.198. The standard InChI is InChI=1S/C17H20N4O2/c1-13-18-9-12-20(13)10-6-11-21-15(22)17(2,19-16(21)23)14-7-4-3-5-8-14/h3-5,7-9,12H,6,10-11H2,1-2H3,(H,19,23)/t17-/m1/s1. The number of imide groups is 1. The van der Waals surface area contributed by atoms with Gasteiger partial charge in [-0.2, -0.15) is 0 Å². The average molecular weight is 312 g/mol. The maximum atomic E-state index is 12.7. The zero-order valence-electron chi connectivity index (χ0n) is 13.3. The van der Waals surface area contributed by atoms with Gasteiger partial charge in [-0.3, -0.25) is 9.69 Å². The van der Waals surface area contributed by atoms with Crippen LogP contribution in [-0.2, 0) is 16.9 Å². The third-order valence-electron chi connectivity index (χ3n) is 4.33. The molecular weight excluding hydrogens is 292 g/mol. The van der Waals surface area contributed by atoms with Crippen LogP contribution < -0.4 is 5.32 Å². The molecule has 3 amide bonds. The summed E-state index contributed by atoms with van der Waals surface area (Å²) >= 11 is 0. The molecule has 1 atom stereocenters. The van der Waals surface area contributed by atoms with Gasteiger partial charge >= 0.3 is 6.03 Å². The molecule has 0 saturated carbocycles. The van der Waals surface area contributed by atoms with Crippen molar-refractivity contribution in [3.63, 3.8) is 0 Å². The number of carbonyl (C=O) groups is 2. The average Bonchev–Trinajstić information content (AvgIpc) is 3.05. The fourth-order valence-electron chi connectivity index (χ4n) is 2.91. The largest absolute Gasteiger partial charge is 0.335 e. The van der Waals surface area contributed by atoms with Gasteiger partial charge in [-0.1, -0.05) is 30.3 Å². The number of benzene rings is 1. The van der Waals surface area contributed by atoms with Gasteiger partial charge in [0.15, 0.2) is 0 Å². The molecule has 0 unspecified atom stereocenters. The third-order valence-corrected chi connectivity index (χ3v) is 4.33. The van der Waals surface area contributed by atoms with E-state index < -0.39 is 5.54 Å². The van der Waals surface area contributed by atoms with Gasteiger partial charge in [0.05, 0.1) is 0 Å². The van der Waals surface area contributed by atoms with Gasteiger partial charge in [-0.25, -0.2) is 9.78 Å². The molecule has 2 heterocycles. The van der Waals surface area contributed by atoms with Crippen LogP contribution in [0.5, 0.6) is 0 Å². The maximum Gasteiger partial charge on any atom is 0.325 e. The molecule has 1 aromatic carbocycles. The van der Waals surface area contributed by atoms with Crippen LogP contribution in [0.3, 0.4) is 0 Å². The normalized spacial score (nSPS) is 20.9. The van der Waals surface area contributed by atoms with E-state index in [-0.39, 0.29) is 11.9 Å². The van der Waals surface area contributed by atoms with Crippen molar-refractivity contribution in [3.05, 3.63) is 54.1 Å². The van der Waals surface area contributed by atoms with Gasteiger partial charge < -0.3 is 9.88 Å². The lowest BCUT2D eigenvalue weighted by atomic mass is 9.92. The highest BCUT2D eigenvalue weighted by Crippen LogP contribution is 2.28. The van der Waals surface area contributed by atoms with E-state index in [1.807, 2.05) is 48.0 Å². The summed E-state index contributed by atoms with van der Waals surface area (Å²) in [5.41, 5.74) is -0.185. The lowest BCUT2D eigenvalue weighted by molar-refractivity contribution is -0.131. The van der Waals surface area contributed by atoms with Crippen LogP contribution in [0.4, 0.5) is 4.79 Å². The molecule has 3 rings (SSSR count). The quantitative estimate of drug-likeness (QED) is 0.859. The molecule has 1 saturated heterocycles. The van der Waals surface area contributed by atoms with Gasteiger partial charge in [0.25, 0.3) is 5.91 Å². The molecule has 1 aliphatic rings. The molecule has 1 aliphatic heterocycles. The van der Waals surface area contributed by atoms with E-state index in [4.69, 9.17) is 0 Å². The van der Waals surface area contributed by atoms with E-state index in [1.54, 1.807) is 13.1 Å². The highest BCUT2D eigenvalue weighted by Gasteiger charge is 2.48. The first-order chi connectivity index (χ1) is 11.0. The minimum atomic E-state index is -0.983. The molecule has 6 heteroatoms. The number of aromatic nitrogens is 2. The number of hydrogen-bond acceptors (Lipinski definition) is 3. The lowest BCUT2D eigenvalue weighted by Crippen LogP contribution is -2.41. The van der Waals surface area contributed by atoms with Gasteiger partial charge in [0.2, 0.25) is 0 Å². The van der Waals surface area contributed by atoms with E-state index in [1.165, 1.54) is 4.90 Å². The van der Waals surface area contributed by atoms with Crippen molar-refractivity contribution in [1.82, 2.24) is 19.8 Å². The summed E-state index contributed by atoms with van der Waals surface area (Å²) in [6.45, 7) is 4.80. The van der Waals surface area contributed by atoms with E-state index in [2.05, 4.69) is 10.3 Å². The monoisotopic (exact) mass is 312 g/mol. The molecule has 1 aromatic heterocycles. The number of imidazole rings is 1. The number of aryl methyl sites for hydroxylation is 2. The summed E-state index contributed by atoms with van der Waals surface area (Å²) in [4.78, 5) is 30.4. The van der Waals surface area contributed by atoms with Crippen LogP contribution in [0.25, 0.3) is 0 Å². The predicted molar refractivity (Wildman–Crippen MR) is 85.6 cm³/mol. The number of carbonyl (C=O) groups excluding carboxylic acids is 2. The maximum absolute atomic E-state index is 12.7. The molecule has 23 heavy (non-hydrogen) atoms. The Morgan fingerprint density at radius 3 is 2.57 bits per heavy atom. The van der Waals surface area contributed by atoms with Crippen molar-refractivity contribution in [3.8, 4) is 0 Å². The van der Waals surface area contributed by atoms with Gasteiger partial charge in [-0.15, -0.1) is 0 Å². The van der Waals surface area contributed by atoms with E-state index >= 15 is 0 Å². The topological polar surface area (TPSA) is 67.2 Å². The van der Waals surface area contributed by atoms with E-state index in [0.717, 1.165) is 17.9 Å². The van der Waals surface area contributed by atoms with Crippen LogP contribution in [0.2, 0.25) is 0 Å². The molecule has 0 radical (unpaired) electrons. The Labute approximate surface area is 135 Å². The first-order valence-electron chi connectivity index (χ1n) is 7.70. The molecule has 2 aromatic rings. The molecule has 0 aliphatic carbocycles. The number of nitrogens with zero attached hydrogens (tertiary/aromatic N) is 3. The van der Waals surface area contributed by atoms with Crippen LogP contribution >= 0.6 is 0 Å². The predicted octanol–water partition coefficient (Wildman–Crippen LogP) is 2.05. The summed E-state index contributed by atoms with van der Waals surface area (Å²) in [6, 6.07) is 9.00. The fourth-order valence-corrected chi connectivity index (χ4v) is 2.91. The van der Waals surface area contributed by atoms with Crippen LogP contribution in [-0.4, -0.2) is 32.9 Å². The molecule has 120 valence electrons. The zero-order valence-corrected chi connectivity index (χ0v) is 13.3. The van der Waals surface area contributed by atoms with Crippen molar-refractivity contribution >= 4 is 11.9 Å². The molecular formula is C17H20N4O2. The van der Waals surface area contributed by atoms with Crippen molar-refractivity contribution < 1.29 is 9.59 Å². The highest BCUT2D eigenvalue weighted by molar-refractivity contribution is 6.07. The summed E-state index contributed by atoms with van der Waals surface area (Å²) < 4.78 is 2.01. The number of rotatable bonds is 5. The van der Waals surface area contributed by atoms with Gasteiger partial charge in [0, 0.05) is 25.5 Å². The Morgan fingerprint density at radius 1 is 1.17 bits per heavy atom. The zero-order chi connectivity index (χ0) is 16.4. The van der Waals surface area contributed by atoms with Crippen molar-refractivity contribution in [2.45, 2.75) is 32.4 Å². The number of amides is 3. The first kappa shape index (κ1) is 15.3. The Bertz CT molecular complexity index is 725. The Morgan fingerprint density at radius 2 is 1.91 bits per heavy atom. The van der Waals surface area contributed by atoms with Crippen LogP contribution in [0.1, 0.15) is 24.7 Å². The first-order valence-corrected chi connectivity index (χ1v) is 7.70. The molecule has 6 nitrogen and oxygen atoms in total. The fraction of sp³-hybridized carbons (Fsp3) is 0.353. The van der Waals surface area contributed by atoms with E-state index in [9.17, 15) is 9.59 Å². The second-order valence-electron chi connectivity index (χ2n) is 5.90. The van der Waals surface area contributed by atoms with Gasteiger partial charge in [-0.05, 0) is 25.8 Å². The number of hydrogen-bond donors (Lipinski definition) is 1. The molecule has 0 spiro atoms. The molecule has 1 N–H and O–H groups in total. The number of urea groups is 1. The Kier molecular flexibility index (Phi) is 3.90. The third kappa shape index (κ3) is 2.72. The second-order valence-corrected chi connectivity index (χ2v) is 5.90. The summed E-state index contributed by atoms with van der Waals surface area (Å²) in [5, 5.41) is 2.82. The lowest BCUT2D eigenvalue weighted by Gasteiger charge is -2.22. The van der Waals surface area contributed by atoms with Crippen LogP contribution in [0.15, 0.2) is 42.7 Å². The second kappa shape index (κ2) is 5.87. The SMILES string of the molecule is Cc1nccn1CCCN1C(=O)N[C@](C)(c2ccccc2)C1=O. The van der Waals surface area contributed by atoms with Gasteiger partial charge in [0.1, 0.15) is 11.4 Å². The molecule has 0 bridgehead atoms. The summed E-state index contributed by atoms with van der Waals surface area (Å²) in [5.74, 6) is 0.729. The summed E-state index contributed by atoms with van der Waals surface area (Å²) in [6.07, 6.45) is 4.34.